The van der Waals surface area contributed by atoms with Crippen LogP contribution in [0.2, 0.25) is 0 Å². The number of hydrogen-bond acceptors (Lipinski definition) is 2. The predicted molar refractivity (Wildman–Crippen MR) is 97.6 cm³/mol. The molecular weight excluding hydrogens is 296 g/mol. The zero-order valence-electron chi connectivity index (χ0n) is 15.1. The van der Waals surface area contributed by atoms with Crippen molar-refractivity contribution in [2.75, 3.05) is 26.2 Å². The first-order valence-corrected chi connectivity index (χ1v) is 9.96. The summed E-state index contributed by atoms with van der Waals surface area (Å²) in [6.07, 6.45) is 15.5. The lowest BCUT2D eigenvalue weighted by Gasteiger charge is -2.55. The van der Waals surface area contributed by atoms with Crippen LogP contribution in [-0.4, -0.2) is 37.0 Å². The molecule has 1 aliphatic heterocycles. The molecule has 3 heteroatoms. The molecule has 0 aromatic heterocycles. The molecule has 5 rings (SSSR count). The van der Waals surface area contributed by atoms with Crippen LogP contribution in [0.25, 0.3) is 0 Å². The smallest absolute Gasteiger partial charge is 0.226 e. The number of allylic oxidation sites excluding steroid dienone is 1. The van der Waals surface area contributed by atoms with Gasteiger partial charge < -0.3 is 5.32 Å². The minimum atomic E-state index is -0.00534. The van der Waals surface area contributed by atoms with E-state index in [1.165, 1.54) is 24.8 Å². The molecule has 3 nitrogen and oxygen atoms in total. The van der Waals surface area contributed by atoms with Gasteiger partial charge in [0.2, 0.25) is 5.91 Å². The van der Waals surface area contributed by atoms with E-state index in [-0.39, 0.29) is 5.41 Å². The zero-order valence-corrected chi connectivity index (χ0v) is 15.1. The molecule has 0 radical (unpaired) electrons. The van der Waals surface area contributed by atoms with Crippen LogP contribution in [0.3, 0.4) is 0 Å². The maximum atomic E-state index is 13.0. The number of nitrogens with one attached hydrogen (secondary N) is 1. The third-order valence-electron chi connectivity index (χ3n) is 6.90. The van der Waals surface area contributed by atoms with Gasteiger partial charge in [-0.15, -0.1) is 0 Å². The Morgan fingerprint density at radius 3 is 2.54 bits per heavy atom. The Balaban J connectivity index is 1.33. The van der Waals surface area contributed by atoms with E-state index >= 15 is 0 Å². The number of rotatable bonds is 5. The molecule has 1 amide bonds. The fourth-order valence-electron chi connectivity index (χ4n) is 6.19. The molecule has 0 atom stereocenters. The maximum absolute atomic E-state index is 13.0. The average molecular weight is 329 g/mol. The number of carbonyl (C=O) groups excluding carboxylic acids is 1. The van der Waals surface area contributed by atoms with Gasteiger partial charge in [-0.1, -0.05) is 18.2 Å². The first kappa shape index (κ1) is 16.4. The Bertz CT molecular complexity index is 513. The monoisotopic (exact) mass is 328 g/mol. The van der Waals surface area contributed by atoms with Crippen molar-refractivity contribution in [3.8, 4) is 0 Å². The SMILES string of the molecule is CC=CCN1CCC=C(CNC(=O)C23CC4CC(CC(C4)C2)C3)C1. The Hall–Kier alpha value is -1.09. The van der Waals surface area contributed by atoms with Crippen LogP contribution in [-0.2, 0) is 4.79 Å². The van der Waals surface area contributed by atoms with Gasteiger partial charge in [-0.25, -0.2) is 0 Å². The summed E-state index contributed by atoms with van der Waals surface area (Å²) in [5.41, 5.74) is 1.39. The molecule has 0 aromatic carbocycles. The summed E-state index contributed by atoms with van der Waals surface area (Å²) < 4.78 is 0. The molecule has 4 saturated carbocycles. The number of hydrogen-bond donors (Lipinski definition) is 1. The van der Waals surface area contributed by atoms with Crippen LogP contribution in [0, 0.1) is 23.2 Å². The summed E-state index contributed by atoms with van der Waals surface area (Å²) in [5, 5.41) is 3.33. The van der Waals surface area contributed by atoms with Crippen LogP contribution in [0.15, 0.2) is 23.8 Å². The van der Waals surface area contributed by atoms with Gasteiger partial charge in [0.05, 0.1) is 0 Å². The molecule has 1 heterocycles. The third kappa shape index (κ3) is 3.20. The fraction of sp³-hybridized carbons (Fsp3) is 0.762. The van der Waals surface area contributed by atoms with Crippen LogP contribution < -0.4 is 5.32 Å². The largest absolute Gasteiger partial charge is 0.352 e. The Morgan fingerprint density at radius 2 is 1.92 bits per heavy atom. The van der Waals surface area contributed by atoms with Crippen molar-refractivity contribution in [1.82, 2.24) is 10.2 Å². The molecule has 4 bridgehead atoms. The second-order valence-electron chi connectivity index (χ2n) is 8.84. The molecule has 24 heavy (non-hydrogen) atoms. The molecule has 132 valence electrons. The molecule has 0 aromatic rings. The second kappa shape index (κ2) is 6.67. The summed E-state index contributed by atoms with van der Waals surface area (Å²) >= 11 is 0. The standard InChI is InChI=1S/C21H32N2O/c1-2-3-6-23-7-4-5-16(15-23)14-22-20(24)21-11-17-8-18(12-21)10-19(9-17)13-21/h2-3,5,17-19H,4,6-15H2,1H3,(H,22,24). The van der Waals surface area contributed by atoms with Crippen molar-refractivity contribution >= 4 is 5.91 Å². The Labute approximate surface area is 146 Å². The van der Waals surface area contributed by atoms with E-state index in [1.807, 2.05) is 0 Å². The van der Waals surface area contributed by atoms with Gasteiger partial charge in [-0.05, 0) is 75.2 Å². The van der Waals surface area contributed by atoms with Crippen molar-refractivity contribution in [2.45, 2.75) is 51.9 Å². The second-order valence-corrected chi connectivity index (χ2v) is 8.84. The van der Waals surface area contributed by atoms with Crippen molar-refractivity contribution in [3.63, 3.8) is 0 Å². The number of carbonyl (C=O) groups is 1. The average Bonchev–Trinajstić information content (AvgIpc) is 2.57. The van der Waals surface area contributed by atoms with E-state index in [0.717, 1.165) is 69.6 Å². The molecule has 5 aliphatic rings. The van der Waals surface area contributed by atoms with E-state index in [0.29, 0.717) is 5.91 Å². The first-order valence-electron chi connectivity index (χ1n) is 9.96. The lowest BCUT2D eigenvalue weighted by molar-refractivity contribution is -0.146. The minimum absolute atomic E-state index is 0.00534. The van der Waals surface area contributed by atoms with E-state index in [9.17, 15) is 4.79 Å². The molecule has 4 aliphatic carbocycles. The number of amides is 1. The van der Waals surface area contributed by atoms with Gasteiger partial charge in [0.1, 0.15) is 0 Å². The molecule has 0 unspecified atom stereocenters. The summed E-state index contributed by atoms with van der Waals surface area (Å²) in [7, 11) is 0. The van der Waals surface area contributed by atoms with Gasteiger partial charge in [0, 0.05) is 31.6 Å². The highest BCUT2D eigenvalue weighted by Crippen LogP contribution is 2.60. The van der Waals surface area contributed by atoms with Crippen LogP contribution in [0.5, 0.6) is 0 Å². The summed E-state index contributed by atoms with van der Waals surface area (Å²) in [6, 6.07) is 0. The van der Waals surface area contributed by atoms with Crippen LogP contribution >= 0.6 is 0 Å². The van der Waals surface area contributed by atoms with Gasteiger partial charge >= 0.3 is 0 Å². The summed E-state index contributed by atoms with van der Waals surface area (Å²) in [6.45, 7) is 6.00. The summed E-state index contributed by atoms with van der Waals surface area (Å²) in [4.78, 5) is 15.5. The molecule has 0 spiro atoms. The van der Waals surface area contributed by atoms with Crippen LogP contribution in [0.1, 0.15) is 51.9 Å². The molecule has 4 fully saturated rings. The van der Waals surface area contributed by atoms with E-state index < -0.39 is 0 Å². The lowest BCUT2D eigenvalue weighted by atomic mass is 9.49. The first-order chi connectivity index (χ1) is 11.7. The molecule has 1 N–H and O–H groups in total. The predicted octanol–water partition coefficient (Wildman–Crippen LogP) is 3.53. The van der Waals surface area contributed by atoms with Gasteiger partial charge in [-0.2, -0.15) is 0 Å². The van der Waals surface area contributed by atoms with Gasteiger partial charge in [0.15, 0.2) is 0 Å². The summed E-state index contributed by atoms with van der Waals surface area (Å²) in [5.74, 6) is 2.89. The highest BCUT2D eigenvalue weighted by Gasteiger charge is 2.54. The van der Waals surface area contributed by atoms with Crippen molar-refractivity contribution in [1.29, 1.82) is 0 Å². The van der Waals surface area contributed by atoms with Crippen LogP contribution in [0.4, 0.5) is 0 Å². The molecule has 0 saturated heterocycles. The van der Waals surface area contributed by atoms with Crippen molar-refractivity contribution in [3.05, 3.63) is 23.8 Å². The molecular formula is C21H32N2O. The lowest BCUT2D eigenvalue weighted by Crippen LogP contribution is -2.54. The van der Waals surface area contributed by atoms with Crippen molar-refractivity contribution < 1.29 is 4.79 Å². The fourth-order valence-corrected chi connectivity index (χ4v) is 6.19. The Kier molecular flexibility index (Phi) is 4.55. The maximum Gasteiger partial charge on any atom is 0.226 e. The van der Waals surface area contributed by atoms with Crippen molar-refractivity contribution in [2.24, 2.45) is 23.2 Å². The van der Waals surface area contributed by atoms with E-state index in [2.05, 4.69) is 35.4 Å². The zero-order chi connectivity index (χ0) is 16.6. The highest BCUT2D eigenvalue weighted by atomic mass is 16.2. The quantitative estimate of drug-likeness (QED) is 0.783. The Morgan fingerprint density at radius 1 is 1.25 bits per heavy atom. The minimum Gasteiger partial charge on any atom is -0.352 e. The number of nitrogens with zero attached hydrogens (tertiary/aromatic N) is 1. The van der Waals surface area contributed by atoms with E-state index in [4.69, 9.17) is 0 Å². The normalized spacial score (nSPS) is 38.5. The van der Waals surface area contributed by atoms with Gasteiger partial charge in [0.25, 0.3) is 0 Å². The topological polar surface area (TPSA) is 32.3 Å². The third-order valence-corrected chi connectivity index (χ3v) is 6.90. The highest BCUT2D eigenvalue weighted by molar-refractivity contribution is 5.83. The van der Waals surface area contributed by atoms with Gasteiger partial charge in [-0.3, -0.25) is 9.69 Å². The van der Waals surface area contributed by atoms with E-state index in [1.54, 1.807) is 0 Å².